The highest BCUT2D eigenvalue weighted by Crippen LogP contribution is 2.29. The second-order valence-electron chi connectivity index (χ2n) is 1.96. The van der Waals surface area contributed by atoms with E-state index in [4.69, 9.17) is 5.84 Å². The van der Waals surface area contributed by atoms with Gasteiger partial charge in [-0.1, -0.05) is 13.0 Å². The molecule has 1 aliphatic rings. The normalized spacial score (nSPS) is 24.1. The molecule has 5 nitrogen and oxygen atoms in total. The minimum atomic E-state index is -0.644. The van der Waals surface area contributed by atoms with E-state index in [9.17, 15) is 10.4 Å². The quantitative estimate of drug-likeness (QED) is 0.416. The smallest absolute Gasteiger partial charge is 0.0488 e. The molecule has 0 radical (unpaired) electrons. The van der Waals surface area contributed by atoms with Crippen molar-refractivity contribution in [3.05, 3.63) is 22.2 Å². The molecule has 1 atom stereocenters. The molecule has 0 heterocycles. The van der Waals surface area contributed by atoms with E-state index in [0.717, 1.165) is 0 Å². The van der Waals surface area contributed by atoms with Crippen molar-refractivity contribution in [1.29, 1.82) is 0 Å². The van der Waals surface area contributed by atoms with Gasteiger partial charge < -0.3 is 15.8 Å². The fraction of sp³-hybridized carbons (Fsp3) is 0.500. The van der Waals surface area contributed by atoms with Gasteiger partial charge in [0.2, 0.25) is 0 Å². The van der Waals surface area contributed by atoms with Gasteiger partial charge in [-0.2, -0.15) is 0 Å². The summed E-state index contributed by atoms with van der Waals surface area (Å²) in [7, 11) is 0. The molecule has 1 rings (SSSR count). The Balaban J connectivity index is 2.36. The lowest BCUT2D eigenvalue weighted by Crippen LogP contribution is -2.37. The van der Waals surface area contributed by atoms with E-state index in [-0.39, 0.29) is 5.92 Å². The summed E-state index contributed by atoms with van der Waals surface area (Å²) in [5.74, 6) is 5.16. The molecular weight excluding hydrogens is 122 g/mol. The number of nitrogens with zero attached hydrogens (tertiary/aromatic N) is 2. The Labute approximate surface area is 52.4 Å². The van der Waals surface area contributed by atoms with Gasteiger partial charge in [-0.05, 0) is 0 Å². The summed E-state index contributed by atoms with van der Waals surface area (Å²) >= 11 is 0. The SMILES string of the molecule is CC1C=C1N(N)N([O-])[O-]. The van der Waals surface area contributed by atoms with Crippen LogP contribution in [0.1, 0.15) is 6.92 Å². The van der Waals surface area contributed by atoms with E-state index in [1.165, 1.54) is 0 Å². The number of hydrazine groups is 2. The Hall–Kier alpha value is -0.620. The van der Waals surface area contributed by atoms with E-state index >= 15 is 0 Å². The lowest BCUT2D eigenvalue weighted by molar-refractivity contribution is 0.119. The van der Waals surface area contributed by atoms with Crippen LogP contribution in [0.25, 0.3) is 0 Å². The van der Waals surface area contributed by atoms with Crippen molar-refractivity contribution in [1.82, 2.24) is 10.5 Å². The molecule has 0 saturated carbocycles. The third-order valence-corrected chi connectivity index (χ3v) is 1.22. The molecule has 1 aliphatic carbocycles. The van der Waals surface area contributed by atoms with E-state index in [1.807, 2.05) is 6.92 Å². The first-order valence-electron chi connectivity index (χ1n) is 2.53. The van der Waals surface area contributed by atoms with E-state index in [1.54, 1.807) is 6.08 Å². The standard InChI is InChI=1S/C4H7N3O2/c1-3-2-4(3)6(5)7(8)9/h2-3H,5H2,1H3/q-2. The Morgan fingerprint density at radius 1 is 1.67 bits per heavy atom. The van der Waals surface area contributed by atoms with Crippen molar-refractivity contribution >= 4 is 0 Å². The van der Waals surface area contributed by atoms with E-state index < -0.39 is 5.34 Å². The number of nitrogens with two attached hydrogens (primary N) is 1. The molecule has 9 heavy (non-hydrogen) atoms. The third kappa shape index (κ3) is 1.19. The van der Waals surface area contributed by atoms with Gasteiger partial charge >= 0.3 is 0 Å². The van der Waals surface area contributed by atoms with Crippen LogP contribution in [0, 0.1) is 16.3 Å². The second kappa shape index (κ2) is 1.96. The summed E-state index contributed by atoms with van der Waals surface area (Å²) < 4.78 is 0. The van der Waals surface area contributed by atoms with Gasteiger partial charge in [-0.15, -0.1) is 0 Å². The molecule has 52 valence electrons. The van der Waals surface area contributed by atoms with Crippen LogP contribution in [0.15, 0.2) is 11.8 Å². The van der Waals surface area contributed by atoms with Crippen LogP contribution in [0.5, 0.6) is 0 Å². The zero-order valence-electron chi connectivity index (χ0n) is 4.94. The minimum absolute atomic E-state index is 0.181. The Bertz CT molecular complexity index is 145. The zero-order valence-corrected chi connectivity index (χ0v) is 4.94. The van der Waals surface area contributed by atoms with Crippen molar-refractivity contribution in [3.8, 4) is 0 Å². The summed E-state index contributed by atoms with van der Waals surface area (Å²) in [5.41, 5.74) is 0.583. The van der Waals surface area contributed by atoms with E-state index in [0.29, 0.717) is 10.8 Å². The Morgan fingerprint density at radius 2 is 2.11 bits per heavy atom. The fourth-order valence-electron chi connectivity index (χ4n) is 0.587. The molecule has 1 unspecified atom stereocenters. The molecule has 0 saturated heterocycles. The largest absolute Gasteiger partial charge is 0.778 e. The molecule has 0 fully saturated rings. The minimum Gasteiger partial charge on any atom is -0.778 e. The summed E-state index contributed by atoms with van der Waals surface area (Å²) in [6.45, 7) is 1.85. The van der Waals surface area contributed by atoms with Crippen LogP contribution in [-0.4, -0.2) is 10.5 Å². The van der Waals surface area contributed by atoms with Crippen LogP contribution in [0.4, 0.5) is 0 Å². The molecule has 0 spiro atoms. The van der Waals surface area contributed by atoms with Crippen molar-refractivity contribution in [2.24, 2.45) is 11.8 Å². The van der Waals surface area contributed by atoms with Crippen molar-refractivity contribution in [2.75, 3.05) is 0 Å². The lowest BCUT2D eigenvalue weighted by atomic mass is 10.4. The first-order chi connectivity index (χ1) is 4.13. The molecule has 0 aromatic carbocycles. The molecule has 0 aromatic rings. The lowest BCUT2D eigenvalue weighted by Gasteiger charge is -2.42. The van der Waals surface area contributed by atoms with Crippen molar-refractivity contribution in [2.45, 2.75) is 6.92 Å². The molecular formula is C4H7N3O2-2. The van der Waals surface area contributed by atoms with Crippen molar-refractivity contribution in [3.63, 3.8) is 0 Å². The first kappa shape index (κ1) is 6.50. The fourth-order valence-corrected chi connectivity index (χ4v) is 0.587. The maximum atomic E-state index is 9.89. The van der Waals surface area contributed by atoms with Crippen LogP contribution in [0.3, 0.4) is 0 Å². The van der Waals surface area contributed by atoms with Gasteiger partial charge in [0.05, 0.1) is 0 Å². The molecule has 0 amide bonds. The highest BCUT2D eigenvalue weighted by molar-refractivity contribution is 5.25. The second-order valence-corrected chi connectivity index (χ2v) is 1.96. The summed E-state index contributed by atoms with van der Waals surface area (Å²) in [6, 6.07) is 0. The van der Waals surface area contributed by atoms with Gasteiger partial charge in [0.25, 0.3) is 0 Å². The maximum Gasteiger partial charge on any atom is 0.0488 e. The Morgan fingerprint density at radius 3 is 2.22 bits per heavy atom. The highest BCUT2D eigenvalue weighted by Gasteiger charge is 2.22. The molecule has 0 aliphatic heterocycles. The maximum absolute atomic E-state index is 9.89. The summed E-state index contributed by atoms with van der Waals surface area (Å²) in [6.07, 6.45) is 1.72. The van der Waals surface area contributed by atoms with Gasteiger partial charge in [0, 0.05) is 11.6 Å². The first-order valence-corrected chi connectivity index (χ1v) is 2.53. The van der Waals surface area contributed by atoms with Crippen LogP contribution < -0.4 is 5.84 Å². The molecule has 0 aromatic heterocycles. The molecule has 0 bridgehead atoms. The molecule has 5 heteroatoms. The van der Waals surface area contributed by atoms with Gasteiger partial charge in [0.1, 0.15) is 0 Å². The number of allylic oxidation sites excluding steroid dienone is 2. The predicted molar refractivity (Wildman–Crippen MR) is 31.8 cm³/mol. The molecule has 2 N–H and O–H groups in total. The topological polar surface area (TPSA) is 78.6 Å². The zero-order chi connectivity index (χ0) is 7.02. The monoisotopic (exact) mass is 129 g/mol. The Kier molecular flexibility index (Phi) is 1.42. The van der Waals surface area contributed by atoms with Gasteiger partial charge in [0.15, 0.2) is 0 Å². The van der Waals surface area contributed by atoms with Gasteiger partial charge in [-0.3, -0.25) is 5.12 Å². The van der Waals surface area contributed by atoms with Crippen molar-refractivity contribution < 1.29 is 0 Å². The van der Waals surface area contributed by atoms with Crippen LogP contribution in [0.2, 0.25) is 0 Å². The summed E-state index contributed by atoms with van der Waals surface area (Å²) in [4.78, 5) is 0. The summed E-state index contributed by atoms with van der Waals surface area (Å²) in [5, 5.41) is 19.7. The predicted octanol–water partition coefficient (Wildman–Crippen LogP) is -0.0917. The number of rotatable bonds is 2. The third-order valence-electron chi connectivity index (χ3n) is 1.22. The van der Waals surface area contributed by atoms with Crippen LogP contribution >= 0.6 is 0 Å². The van der Waals surface area contributed by atoms with E-state index in [2.05, 4.69) is 0 Å². The number of hydrogen-bond donors (Lipinski definition) is 1. The average Bonchev–Trinajstić information content (AvgIpc) is 2.44. The highest BCUT2D eigenvalue weighted by atomic mass is 16.8. The van der Waals surface area contributed by atoms with Crippen LogP contribution in [-0.2, 0) is 0 Å². The van der Waals surface area contributed by atoms with Gasteiger partial charge in [-0.25, -0.2) is 5.84 Å². The number of hydrogen-bond acceptors (Lipinski definition) is 5. The average molecular weight is 129 g/mol.